The zero-order valence-corrected chi connectivity index (χ0v) is 18.5. The average molecular weight is 445 g/mol. The molecule has 1 aromatic heterocycles. The van der Waals surface area contributed by atoms with Crippen molar-refractivity contribution in [3.8, 4) is 0 Å². The Labute approximate surface area is 187 Å². The fourth-order valence-corrected chi connectivity index (χ4v) is 5.38. The van der Waals surface area contributed by atoms with Gasteiger partial charge in [-0.3, -0.25) is 14.4 Å². The summed E-state index contributed by atoms with van der Waals surface area (Å²) in [6.45, 7) is 4.20. The molecule has 1 aromatic rings. The minimum atomic E-state index is -0.278. The van der Waals surface area contributed by atoms with Crippen LogP contribution in [0.4, 0.5) is 0 Å². The molecule has 9 heteroatoms. The molecular formula is C23H32N4O5. The molecule has 0 radical (unpaired) electrons. The lowest BCUT2D eigenvalue weighted by atomic mass is 9.94. The molecule has 0 aromatic carbocycles. The van der Waals surface area contributed by atoms with Crippen LogP contribution in [0.3, 0.4) is 0 Å². The van der Waals surface area contributed by atoms with E-state index in [2.05, 4.69) is 4.98 Å². The number of carbonyl (C=O) groups excluding carboxylic acids is 2. The smallest absolute Gasteiger partial charge is 0.256 e. The lowest BCUT2D eigenvalue weighted by Crippen LogP contribution is -2.45. The normalized spacial score (nSPS) is 25.1. The van der Waals surface area contributed by atoms with E-state index in [1.165, 1.54) is 0 Å². The van der Waals surface area contributed by atoms with E-state index >= 15 is 0 Å². The minimum absolute atomic E-state index is 0.000795. The second-order valence-corrected chi connectivity index (χ2v) is 9.37. The first-order valence-corrected chi connectivity index (χ1v) is 12.0. The molecule has 0 bridgehead atoms. The third kappa shape index (κ3) is 4.32. The van der Waals surface area contributed by atoms with Gasteiger partial charge in [0.15, 0.2) is 0 Å². The van der Waals surface area contributed by atoms with E-state index in [1.54, 1.807) is 0 Å². The van der Waals surface area contributed by atoms with Gasteiger partial charge in [-0.1, -0.05) is 0 Å². The summed E-state index contributed by atoms with van der Waals surface area (Å²) in [6, 6.07) is 0. The van der Waals surface area contributed by atoms with E-state index in [4.69, 9.17) is 14.5 Å². The maximum atomic E-state index is 12.9. The van der Waals surface area contributed by atoms with E-state index in [-0.39, 0.29) is 35.3 Å². The Kier molecular flexibility index (Phi) is 6.28. The van der Waals surface area contributed by atoms with Crippen LogP contribution in [0.2, 0.25) is 0 Å². The number of nitrogens with one attached hydrogen (secondary N) is 1. The summed E-state index contributed by atoms with van der Waals surface area (Å²) < 4.78 is 10.9. The van der Waals surface area contributed by atoms with Crippen LogP contribution in [-0.2, 0) is 32.0 Å². The average Bonchev–Trinajstić information content (AvgIpc) is 3.39. The monoisotopic (exact) mass is 444 g/mol. The minimum Gasteiger partial charge on any atom is -0.381 e. The van der Waals surface area contributed by atoms with Gasteiger partial charge < -0.3 is 24.3 Å². The molecule has 1 N–H and O–H groups in total. The van der Waals surface area contributed by atoms with Crippen molar-refractivity contribution in [2.75, 3.05) is 39.5 Å². The maximum Gasteiger partial charge on any atom is 0.256 e. The molecule has 9 nitrogen and oxygen atoms in total. The molecule has 0 unspecified atom stereocenters. The molecule has 3 fully saturated rings. The second-order valence-electron chi connectivity index (χ2n) is 9.37. The molecule has 4 aliphatic rings. The van der Waals surface area contributed by atoms with Crippen LogP contribution in [0, 0.1) is 5.92 Å². The van der Waals surface area contributed by atoms with Gasteiger partial charge in [0.2, 0.25) is 5.91 Å². The summed E-state index contributed by atoms with van der Waals surface area (Å²) in [6.07, 6.45) is 5.17. The molecule has 5 heterocycles. The third-order valence-corrected chi connectivity index (χ3v) is 7.37. The highest BCUT2D eigenvalue weighted by atomic mass is 16.5. The van der Waals surface area contributed by atoms with Crippen molar-refractivity contribution in [2.24, 2.45) is 5.92 Å². The van der Waals surface area contributed by atoms with Crippen LogP contribution in [-0.4, -0.2) is 77.1 Å². The van der Waals surface area contributed by atoms with Gasteiger partial charge in [-0.15, -0.1) is 0 Å². The van der Waals surface area contributed by atoms with Gasteiger partial charge in [0.1, 0.15) is 11.9 Å². The van der Waals surface area contributed by atoms with E-state index in [9.17, 15) is 14.4 Å². The number of fused-ring (bicyclic) bond motifs is 1. The van der Waals surface area contributed by atoms with Gasteiger partial charge in [-0.2, -0.15) is 0 Å². The number of amides is 2. The fourth-order valence-electron chi connectivity index (χ4n) is 5.38. The van der Waals surface area contributed by atoms with Crippen molar-refractivity contribution in [2.45, 2.75) is 63.5 Å². The number of hydrogen-bond acceptors (Lipinski definition) is 6. The van der Waals surface area contributed by atoms with Crippen LogP contribution in [0.5, 0.6) is 0 Å². The lowest BCUT2D eigenvalue weighted by molar-refractivity contribution is -0.142. The highest BCUT2D eigenvalue weighted by molar-refractivity contribution is 5.81. The number of H-pyrrole nitrogens is 1. The largest absolute Gasteiger partial charge is 0.381 e. The summed E-state index contributed by atoms with van der Waals surface area (Å²) in [5.41, 5.74) is 1.30. The summed E-state index contributed by atoms with van der Waals surface area (Å²) >= 11 is 0. The van der Waals surface area contributed by atoms with Gasteiger partial charge in [0, 0.05) is 57.7 Å². The third-order valence-electron chi connectivity index (χ3n) is 7.37. The van der Waals surface area contributed by atoms with Gasteiger partial charge in [-0.25, -0.2) is 4.98 Å². The fraction of sp³-hybridized carbons (Fsp3) is 0.739. The Bertz CT molecular complexity index is 911. The molecule has 32 heavy (non-hydrogen) atoms. The predicted molar refractivity (Wildman–Crippen MR) is 115 cm³/mol. The molecule has 0 spiro atoms. The number of nitrogens with zero attached hydrogens (tertiary/aromatic N) is 3. The second kappa shape index (κ2) is 9.31. The highest BCUT2D eigenvalue weighted by Crippen LogP contribution is 2.28. The number of ether oxygens (including phenoxy) is 2. The van der Waals surface area contributed by atoms with Gasteiger partial charge in [-0.05, 0) is 38.5 Å². The zero-order valence-electron chi connectivity index (χ0n) is 18.5. The summed E-state index contributed by atoms with van der Waals surface area (Å²) in [4.78, 5) is 49.8. The molecule has 174 valence electrons. The Morgan fingerprint density at radius 3 is 2.44 bits per heavy atom. The molecular weight excluding hydrogens is 412 g/mol. The predicted octanol–water partition coefficient (Wildman–Crippen LogP) is 0.966. The first-order valence-electron chi connectivity index (χ1n) is 12.0. The van der Waals surface area contributed by atoms with Crippen molar-refractivity contribution in [1.82, 2.24) is 19.8 Å². The lowest BCUT2D eigenvalue weighted by Gasteiger charge is -2.34. The number of carbonyl (C=O) groups is 2. The SMILES string of the molecule is O=C(C1CCOCC1)N1CCc2nc(C3CCN(C(=O)[C@H]4CCCO4)CC3)[nH]c(=O)c2C1. The maximum absolute atomic E-state index is 12.9. The molecule has 1 atom stereocenters. The summed E-state index contributed by atoms with van der Waals surface area (Å²) in [7, 11) is 0. The van der Waals surface area contributed by atoms with E-state index in [1.807, 2.05) is 9.80 Å². The van der Waals surface area contributed by atoms with E-state index in [0.29, 0.717) is 58.0 Å². The van der Waals surface area contributed by atoms with Gasteiger partial charge in [0.05, 0.1) is 17.8 Å². The number of piperidine rings is 1. The molecule has 0 aliphatic carbocycles. The van der Waals surface area contributed by atoms with Crippen LogP contribution in [0.1, 0.15) is 61.5 Å². The van der Waals surface area contributed by atoms with Crippen molar-refractivity contribution in [1.29, 1.82) is 0 Å². The van der Waals surface area contributed by atoms with Crippen molar-refractivity contribution >= 4 is 11.8 Å². The van der Waals surface area contributed by atoms with Crippen LogP contribution >= 0.6 is 0 Å². The van der Waals surface area contributed by atoms with Crippen LogP contribution < -0.4 is 5.56 Å². The number of aromatic amines is 1. The van der Waals surface area contributed by atoms with E-state index in [0.717, 1.165) is 50.0 Å². The Morgan fingerprint density at radius 2 is 1.72 bits per heavy atom. The number of hydrogen-bond donors (Lipinski definition) is 1. The van der Waals surface area contributed by atoms with Crippen molar-refractivity contribution < 1.29 is 19.1 Å². The van der Waals surface area contributed by atoms with Gasteiger partial charge >= 0.3 is 0 Å². The summed E-state index contributed by atoms with van der Waals surface area (Å²) in [5, 5.41) is 0. The first kappa shape index (κ1) is 21.6. The first-order chi connectivity index (χ1) is 15.6. The van der Waals surface area contributed by atoms with Gasteiger partial charge in [0.25, 0.3) is 11.5 Å². The topological polar surface area (TPSA) is 105 Å². The standard InChI is InChI=1S/C23H32N4O5/c28-21-17-14-27(22(29)16-6-12-31-13-7-16)10-5-18(17)24-20(25-21)15-3-8-26(9-4-15)23(30)19-2-1-11-32-19/h15-16,19H,1-14H2,(H,24,25,28)/t19-/m1/s1. The number of rotatable bonds is 3. The Morgan fingerprint density at radius 1 is 0.938 bits per heavy atom. The molecule has 3 saturated heterocycles. The van der Waals surface area contributed by atoms with Crippen LogP contribution in [0.15, 0.2) is 4.79 Å². The van der Waals surface area contributed by atoms with Crippen LogP contribution in [0.25, 0.3) is 0 Å². The number of aromatic nitrogens is 2. The molecule has 5 rings (SSSR count). The Hall–Kier alpha value is -2.26. The highest BCUT2D eigenvalue weighted by Gasteiger charge is 2.33. The molecule has 2 amide bonds. The van der Waals surface area contributed by atoms with E-state index < -0.39 is 0 Å². The molecule has 4 aliphatic heterocycles. The van der Waals surface area contributed by atoms with Crippen molar-refractivity contribution in [3.05, 3.63) is 27.4 Å². The Balaban J connectivity index is 1.22. The number of likely N-dealkylation sites (tertiary alicyclic amines) is 1. The van der Waals surface area contributed by atoms with Crippen molar-refractivity contribution in [3.63, 3.8) is 0 Å². The quantitative estimate of drug-likeness (QED) is 0.745. The molecule has 0 saturated carbocycles. The zero-order chi connectivity index (χ0) is 22.1. The summed E-state index contributed by atoms with van der Waals surface area (Å²) in [5.74, 6) is 1.09.